The minimum absolute atomic E-state index is 0.0176. The van der Waals surface area contributed by atoms with Gasteiger partial charge in [-0.25, -0.2) is 9.97 Å². The molecule has 26 heavy (non-hydrogen) atoms. The molecular formula is C15H11ClF3N5OS. The van der Waals surface area contributed by atoms with Gasteiger partial charge < -0.3 is 9.32 Å². The van der Waals surface area contributed by atoms with Crippen molar-refractivity contribution in [1.29, 1.82) is 0 Å². The fraction of sp³-hybridized carbons (Fsp3) is 0.200. The Kier molecular flexibility index (Phi) is 5.05. The van der Waals surface area contributed by atoms with Crippen molar-refractivity contribution in [3.05, 3.63) is 41.0 Å². The van der Waals surface area contributed by atoms with Crippen LogP contribution in [0.2, 0.25) is 5.02 Å². The number of benzene rings is 1. The molecule has 136 valence electrons. The summed E-state index contributed by atoms with van der Waals surface area (Å²) in [5, 5.41) is 8.04. The zero-order valence-electron chi connectivity index (χ0n) is 13.5. The molecule has 2 heterocycles. The van der Waals surface area contributed by atoms with E-state index >= 15 is 0 Å². The first-order chi connectivity index (χ1) is 12.2. The third-order valence-corrected chi connectivity index (χ3v) is 4.04. The smallest absolute Gasteiger partial charge is 0.411 e. The van der Waals surface area contributed by atoms with Crippen molar-refractivity contribution in [2.24, 2.45) is 0 Å². The maximum Gasteiger partial charge on any atom is 0.433 e. The van der Waals surface area contributed by atoms with Crippen molar-refractivity contribution >= 4 is 29.2 Å². The van der Waals surface area contributed by atoms with E-state index in [1.54, 1.807) is 38.4 Å². The van der Waals surface area contributed by atoms with Crippen LogP contribution < -0.4 is 4.90 Å². The van der Waals surface area contributed by atoms with E-state index in [1.807, 2.05) is 0 Å². The van der Waals surface area contributed by atoms with E-state index in [0.717, 1.165) is 17.8 Å². The summed E-state index contributed by atoms with van der Waals surface area (Å²) < 4.78 is 44.6. The molecule has 0 saturated heterocycles. The Morgan fingerprint density at radius 3 is 2.54 bits per heavy atom. The van der Waals surface area contributed by atoms with Gasteiger partial charge in [0.25, 0.3) is 5.22 Å². The molecule has 0 unspecified atom stereocenters. The summed E-state index contributed by atoms with van der Waals surface area (Å²) in [6, 6.07) is 7.63. The molecule has 3 aromatic rings. The van der Waals surface area contributed by atoms with Gasteiger partial charge in [0, 0.05) is 42.5 Å². The van der Waals surface area contributed by atoms with Gasteiger partial charge in [-0.15, -0.1) is 10.2 Å². The maximum absolute atomic E-state index is 13.0. The van der Waals surface area contributed by atoms with E-state index in [2.05, 4.69) is 20.2 Å². The standard InChI is InChI=1S/C15H11ClF3N5OS/c1-24(2)11-7-10(15(17,18)19)20-13(21-11)26-14-23-22-12(25-14)8-4-3-5-9(16)6-8/h3-7H,1-2H3. The fourth-order valence-electron chi connectivity index (χ4n) is 1.90. The van der Waals surface area contributed by atoms with Crippen molar-refractivity contribution in [2.75, 3.05) is 19.0 Å². The number of halogens is 4. The SMILES string of the molecule is CN(C)c1cc(C(F)(F)F)nc(Sc2nnc(-c3cccc(Cl)c3)o2)n1. The Labute approximate surface area is 155 Å². The topological polar surface area (TPSA) is 67.9 Å². The number of hydrogen-bond acceptors (Lipinski definition) is 7. The second-order valence-corrected chi connectivity index (χ2v) is 6.63. The van der Waals surface area contributed by atoms with Gasteiger partial charge in [-0.05, 0) is 18.2 Å². The predicted octanol–water partition coefficient (Wildman–Crippen LogP) is 4.42. The molecule has 0 aliphatic heterocycles. The Balaban J connectivity index is 1.90. The highest BCUT2D eigenvalue weighted by molar-refractivity contribution is 7.98. The second-order valence-electron chi connectivity index (χ2n) is 5.27. The second kappa shape index (κ2) is 7.12. The first kappa shape index (κ1) is 18.5. The Morgan fingerprint density at radius 2 is 1.88 bits per heavy atom. The number of aromatic nitrogens is 4. The average Bonchev–Trinajstić information content (AvgIpc) is 3.02. The van der Waals surface area contributed by atoms with Crippen molar-refractivity contribution < 1.29 is 17.6 Å². The molecule has 2 aromatic heterocycles. The largest absolute Gasteiger partial charge is 0.433 e. The summed E-state index contributed by atoms with van der Waals surface area (Å²) in [5.41, 5.74) is -0.455. The first-order valence-corrected chi connectivity index (χ1v) is 8.33. The van der Waals surface area contributed by atoms with Crippen LogP contribution in [-0.4, -0.2) is 34.3 Å². The van der Waals surface area contributed by atoms with Gasteiger partial charge >= 0.3 is 6.18 Å². The van der Waals surface area contributed by atoms with Crippen LogP contribution in [0.1, 0.15) is 5.69 Å². The van der Waals surface area contributed by atoms with Crippen LogP contribution in [0.25, 0.3) is 11.5 Å². The van der Waals surface area contributed by atoms with Gasteiger partial charge in [0.15, 0.2) is 10.9 Å². The van der Waals surface area contributed by atoms with Gasteiger partial charge in [-0.1, -0.05) is 17.7 Å². The van der Waals surface area contributed by atoms with Gasteiger partial charge in [-0.3, -0.25) is 0 Å². The molecule has 3 rings (SSSR count). The van der Waals surface area contributed by atoms with Crippen LogP contribution >= 0.6 is 23.4 Å². The van der Waals surface area contributed by atoms with Crippen molar-refractivity contribution in [1.82, 2.24) is 20.2 Å². The highest BCUT2D eigenvalue weighted by Gasteiger charge is 2.34. The lowest BCUT2D eigenvalue weighted by atomic mass is 10.2. The minimum Gasteiger partial charge on any atom is -0.411 e. The highest BCUT2D eigenvalue weighted by Crippen LogP contribution is 2.33. The monoisotopic (exact) mass is 401 g/mol. The third-order valence-electron chi connectivity index (χ3n) is 3.10. The van der Waals surface area contributed by atoms with Crippen LogP contribution in [0.5, 0.6) is 0 Å². The van der Waals surface area contributed by atoms with E-state index in [9.17, 15) is 13.2 Å². The molecule has 6 nitrogen and oxygen atoms in total. The molecule has 0 spiro atoms. The van der Waals surface area contributed by atoms with Gasteiger partial charge in [0.2, 0.25) is 5.89 Å². The van der Waals surface area contributed by atoms with Crippen LogP contribution in [0, 0.1) is 0 Å². The van der Waals surface area contributed by atoms with Gasteiger partial charge in [-0.2, -0.15) is 13.2 Å². The summed E-state index contributed by atoms with van der Waals surface area (Å²) in [6.07, 6.45) is -4.59. The first-order valence-electron chi connectivity index (χ1n) is 7.13. The average molecular weight is 402 g/mol. The minimum atomic E-state index is -4.59. The molecule has 0 aliphatic carbocycles. The molecular weight excluding hydrogens is 391 g/mol. The van der Waals surface area contributed by atoms with E-state index in [-0.39, 0.29) is 22.1 Å². The molecule has 0 fully saturated rings. The molecule has 11 heteroatoms. The molecule has 0 bridgehead atoms. The van der Waals surface area contributed by atoms with E-state index in [0.29, 0.717) is 10.6 Å². The van der Waals surface area contributed by atoms with E-state index in [1.165, 1.54) is 4.90 Å². The van der Waals surface area contributed by atoms with Crippen LogP contribution in [-0.2, 0) is 6.18 Å². The molecule has 0 radical (unpaired) electrons. The van der Waals surface area contributed by atoms with E-state index < -0.39 is 11.9 Å². The van der Waals surface area contributed by atoms with E-state index in [4.69, 9.17) is 16.0 Å². The lowest BCUT2D eigenvalue weighted by Gasteiger charge is -2.14. The zero-order valence-corrected chi connectivity index (χ0v) is 15.0. The molecule has 0 N–H and O–H groups in total. The number of anilines is 1. The quantitative estimate of drug-likeness (QED) is 0.599. The van der Waals surface area contributed by atoms with Crippen LogP contribution in [0.4, 0.5) is 19.0 Å². The van der Waals surface area contributed by atoms with Crippen LogP contribution in [0.15, 0.2) is 45.1 Å². The summed E-state index contributed by atoms with van der Waals surface area (Å²) >= 11 is 6.66. The highest BCUT2D eigenvalue weighted by atomic mass is 35.5. The molecule has 0 atom stereocenters. The molecule has 1 aromatic carbocycles. The van der Waals surface area contributed by atoms with Crippen molar-refractivity contribution in [3.63, 3.8) is 0 Å². The molecule has 0 saturated carbocycles. The van der Waals surface area contributed by atoms with Crippen LogP contribution in [0.3, 0.4) is 0 Å². The zero-order chi connectivity index (χ0) is 18.9. The Hall–Kier alpha value is -2.33. The fourth-order valence-corrected chi connectivity index (χ4v) is 2.73. The number of hydrogen-bond donors (Lipinski definition) is 0. The number of alkyl halides is 3. The maximum atomic E-state index is 13.0. The predicted molar refractivity (Wildman–Crippen MR) is 90.2 cm³/mol. The molecule has 0 amide bonds. The summed E-state index contributed by atoms with van der Waals surface area (Å²) in [6.45, 7) is 0. The number of rotatable bonds is 4. The normalized spacial score (nSPS) is 11.6. The van der Waals surface area contributed by atoms with Gasteiger partial charge in [0.1, 0.15) is 5.82 Å². The summed E-state index contributed by atoms with van der Waals surface area (Å²) in [7, 11) is 3.17. The lowest BCUT2D eigenvalue weighted by molar-refractivity contribution is -0.141. The lowest BCUT2D eigenvalue weighted by Crippen LogP contribution is -2.16. The Bertz CT molecular complexity index is 932. The summed E-state index contributed by atoms with van der Waals surface area (Å²) in [5.74, 6) is 0.305. The van der Waals surface area contributed by atoms with Crippen molar-refractivity contribution in [3.8, 4) is 11.5 Å². The van der Waals surface area contributed by atoms with Gasteiger partial charge in [0.05, 0.1) is 0 Å². The Morgan fingerprint density at radius 1 is 1.12 bits per heavy atom. The van der Waals surface area contributed by atoms with Crippen molar-refractivity contribution in [2.45, 2.75) is 16.6 Å². The number of nitrogens with zero attached hydrogens (tertiary/aromatic N) is 5. The third kappa shape index (κ3) is 4.25. The molecule has 0 aliphatic rings. The summed E-state index contributed by atoms with van der Waals surface area (Å²) in [4.78, 5) is 9.05.